The van der Waals surface area contributed by atoms with Crippen molar-refractivity contribution in [3.8, 4) is 0 Å². The van der Waals surface area contributed by atoms with Crippen molar-refractivity contribution in [1.82, 2.24) is 4.90 Å². The molecule has 0 saturated carbocycles. The molecule has 1 unspecified atom stereocenters. The number of rotatable bonds is 6. The molecule has 1 aromatic rings. The summed E-state index contributed by atoms with van der Waals surface area (Å²) in [4.78, 5) is 14.7. The fourth-order valence-corrected chi connectivity index (χ4v) is 2.14. The van der Waals surface area contributed by atoms with Gasteiger partial charge in [0.25, 0.3) is 0 Å². The summed E-state index contributed by atoms with van der Waals surface area (Å²) in [6, 6.07) is 3.82. The molecule has 1 rings (SSSR count). The van der Waals surface area contributed by atoms with Crippen molar-refractivity contribution in [2.45, 2.75) is 20.3 Å². The fourth-order valence-electron chi connectivity index (χ4n) is 1.49. The van der Waals surface area contributed by atoms with Crippen LogP contribution in [0.1, 0.15) is 29.9 Å². The van der Waals surface area contributed by atoms with E-state index >= 15 is 0 Å². The smallest absolute Gasteiger partial charge is 0.186 e. The van der Waals surface area contributed by atoms with E-state index in [2.05, 4.69) is 18.7 Å². The molecule has 0 amide bonds. The second-order valence-corrected chi connectivity index (χ2v) is 5.06. The molecule has 1 atom stereocenters. The van der Waals surface area contributed by atoms with Crippen molar-refractivity contribution >= 4 is 17.1 Å². The number of Topliss-reactive ketones (excluding diaryl/α,β-unsaturated/α-hetero) is 1. The average molecular weight is 225 g/mol. The SMILES string of the molecule is CCC(C)CN(C)CC(=O)c1cccs1. The van der Waals surface area contributed by atoms with E-state index in [1.165, 1.54) is 11.3 Å². The number of carbonyl (C=O) groups is 1. The summed E-state index contributed by atoms with van der Waals surface area (Å²) in [7, 11) is 2.01. The maximum atomic E-state index is 11.8. The summed E-state index contributed by atoms with van der Waals surface area (Å²) in [5.41, 5.74) is 0. The first-order chi connectivity index (χ1) is 7.13. The van der Waals surface area contributed by atoms with E-state index in [4.69, 9.17) is 0 Å². The van der Waals surface area contributed by atoms with Gasteiger partial charge in [-0.15, -0.1) is 11.3 Å². The van der Waals surface area contributed by atoms with Crippen LogP contribution in [0.15, 0.2) is 17.5 Å². The van der Waals surface area contributed by atoms with E-state index in [0.717, 1.165) is 17.8 Å². The van der Waals surface area contributed by atoms with Gasteiger partial charge in [-0.25, -0.2) is 0 Å². The van der Waals surface area contributed by atoms with E-state index < -0.39 is 0 Å². The number of hydrogen-bond donors (Lipinski definition) is 0. The van der Waals surface area contributed by atoms with Crippen molar-refractivity contribution < 1.29 is 4.79 Å². The van der Waals surface area contributed by atoms with Crippen molar-refractivity contribution in [3.63, 3.8) is 0 Å². The van der Waals surface area contributed by atoms with Crippen molar-refractivity contribution in [3.05, 3.63) is 22.4 Å². The number of carbonyl (C=O) groups excluding carboxylic acids is 1. The number of hydrogen-bond acceptors (Lipinski definition) is 3. The molecule has 0 aromatic carbocycles. The zero-order chi connectivity index (χ0) is 11.3. The third kappa shape index (κ3) is 4.14. The second kappa shape index (κ2) is 6.03. The summed E-state index contributed by atoms with van der Waals surface area (Å²) in [6.07, 6.45) is 1.16. The minimum atomic E-state index is 0.232. The van der Waals surface area contributed by atoms with Crippen LogP contribution >= 0.6 is 11.3 Å². The summed E-state index contributed by atoms with van der Waals surface area (Å²) in [6.45, 7) is 5.92. The lowest BCUT2D eigenvalue weighted by molar-refractivity contribution is 0.0943. The van der Waals surface area contributed by atoms with Crippen LogP contribution in [0.5, 0.6) is 0 Å². The lowest BCUT2D eigenvalue weighted by atomic mass is 10.1. The van der Waals surface area contributed by atoms with Crippen LogP contribution in [0, 0.1) is 5.92 Å². The van der Waals surface area contributed by atoms with Gasteiger partial charge in [-0.3, -0.25) is 9.69 Å². The van der Waals surface area contributed by atoms with Crippen molar-refractivity contribution in [1.29, 1.82) is 0 Å². The minimum absolute atomic E-state index is 0.232. The van der Waals surface area contributed by atoms with Crippen LogP contribution in [0.2, 0.25) is 0 Å². The molecule has 0 aliphatic heterocycles. The predicted molar refractivity (Wildman–Crippen MR) is 65.6 cm³/mol. The Hall–Kier alpha value is -0.670. The van der Waals surface area contributed by atoms with E-state index in [-0.39, 0.29) is 5.78 Å². The Morgan fingerprint density at radius 3 is 2.87 bits per heavy atom. The second-order valence-electron chi connectivity index (χ2n) is 4.11. The molecule has 0 spiro atoms. The molecule has 15 heavy (non-hydrogen) atoms. The van der Waals surface area contributed by atoms with Gasteiger partial charge >= 0.3 is 0 Å². The molecule has 0 saturated heterocycles. The van der Waals surface area contributed by atoms with Crippen molar-refractivity contribution in [2.24, 2.45) is 5.92 Å². The van der Waals surface area contributed by atoms with Crippen LogP contribution < -0.4 is 0 Å². The Morgan fingerprint density at radius 2 is 2.33 bits per heavy atom. The highest BCUT2D eigenvalue weighted by molar-refractivity contribution is 7.12. The molecule has 84 valence electrons. The summed E-state index contributed by atoms with van der Waals surface area (Å²) < 4.78 is 0. The molecule has 0 aliphatic rings. The quantitative estimate of drug-likeness (QED) is 0.694. The lowest BCUT2D eigenvalue weighted by Gasteiger charge is -2.19. The van der Waals surface area contributed by atoms with Crippen LogP contribution in [0.3, 0.4) is 0 Å². The highest BCUT2D eigenvalue weighted by atomic mass is 32.1. The Morgan fingerprint density at radius 1 is 1.60 bits per heavy atom. The third-order valence-corrected chi connectivity index (χ3v) is 3.44. The molecule has 0 fully saturated rings. The molecular formula is C12H19NOS. The maximum Gasteiger partial charge on any atom is 0.186 e. The van der Waals surface area contributed by atoms with Crippen LogP contribution in [-0.2, 0) is 0 Å². The fraction of sp³-hybridized carbons (Fsp3) is 0.583. The summed E-state index contributed by atoms with van der Waals surface area (Å²) in [5, 5.41) is 1.95. The topological polar surface area (TPSA) is 20.3 Å². The van der Waals surface area contributed by atoms with Gasteiger partial charge in [-0.1, -0.05) is 26.3 Å². The van der Waals surface area contributed by atoms with E-state index in [1.54, 1.807) is 0 Å². The van der Waals surface area contributed by atoms with Crippen LogP contribution in [0.25, 0.3) is 0 Å². The molecule has 0 aliphatic carbocycles. The Bertz CT molecular complexity index is 295. The van der Waals surface area contributed by atoms with E-state index in [0.29, 0.717) is 12.5 Å². The van der Waals surface area contributed by atoms with Gasteiger partial charge in [0.05, 0.1) is 11.4 Å². The summed E-state index contributed by atoms with van der Waals surface area (Å²) in [5.74, 6) is 0.891. The Kier molecular flexibility index (Phi) is 4.99. The zero-order valence-electron chi connectivity index (χ0n) is 9.69. The number of likely N-dealkylation sites (N-methyl/N-ethyl adjacent to an activating group) is 1. The van der Waals surface area contributed by atoms with Gasteiger partial charge in [0.1, 0.15) is 0 Å². The van der Waals surface area contributed by atoms with Gasteiger partial charge in [0, 0.05) is 6.54 Å². The number of thiophene rings is 1. The Balaban J connectivity index is 2.38. The first-order valence-electron chi connectivity index (χ1n) is 5.38. The maximum absolute atomic E-state index is 11.8. The largest absolute Gasteiger partial charge is 0.299 e. The first-order valence-corrected chi connectivity index (χ1v) is 6.26. The highest BCUT2D eigenvalue weighted by Crippen LogP contribution is 2.10. The molecule has 3 heteroatoms. The molecule has 1 aromatic heterocycles. The highest BCUT2D eigenvalue weighted by Gasteiger charge is 2.11. The number of ketones is 1. The van der Waals surface area contributed by atoms with Crippen molar-refractivity contribution in [2.75, 3.05) is 20.1 Å². The minimum Gasteiger partial charge on any atom is -0.299 e. The average Bonchev–Trinajstić information content (AvgIpc) is 2.70. The zero-order valence-corrected chi connectivity index (χ0v) is 10.5. The third-order valence-electron chi connectivity index (χ3n) is 2.53. The molecular weight excluding hydrogens is 206 g/mol. The van der Waals surface area contributed by atoms with Crippen LogP contribution in [0.4, 0.5) is 0 Å². The van der Waals surface area contributed by atoms with Gasteiger partial charge in [-0.05, 0) is 24.4 Å². The molecule has 0 radical (unpaired) electrons. The van der Waals surface area contributed by atoms with Crippen LogP contribution in [-0.4, -0.2) is 30.8 Å². The molecule has 0 N–H and O–H groups in total. The summed E-state index contributed by atoms with van der Waals surface area (Å²) >= 11 is 1.52. The monoisotopic (exact) mass is 225 g/mol. The standard InChI is InChI=1S/C12H19NOS/c1-4-10(2)8-13(3)9-11(14)12-6-5-7-15-12/h5-7,10H,4,8-9H2,1-3H3. The Labute approximate surface area is 95.9 Å². The van der Waals surface area contributed by atoms with Gasteiger partial charge in [-0.2, -0.15) is 0 Å². The predicted octanol–water partition coefficient (Wildman–Crippen LogP) is 2.91. The van der Waals surface area contributed by atoms with E-state index in [9.17, 15) is 4.79 Å². The van der Waals surface area contributed by atoms with Gasteiger partial charge in [0.15, 0.2) is 5.78 Å². The molecule has 0 bridgehead atoms. The van der Waals surface area contributed by atoms with Gasteiger partial charge in [0.2, 0.25) is 0 Å². The normalized spacial score (nSPS) is 13.1. The lowest BCUT2D eigenvalue weighted by Crippen LogP contribution is -2.29. The molecule has 2 nitrogen and oxygen atoms in total. The van der Waals surface area contributed by atoms with Gasteiger partial charge < -0.3 is 0 Å². The molecule has 1 heterocycles. The number of nitrogens with zero attached hydrogens (tertiary/aromatic N) is 1. The first kappa shape index (κ1) is 12.4. The van der Waals surface area contributed by atoms with E-state index in [1.807, 2.05) is 24.6 Å².